The molecule has 0 saturated carbocycles. The Morgan fingerprint density at radius 2 is 1.50 bits per heavy atom. The van der Waals surface area contributed by atoms with Crippen LogP contribution in [0.25, 0.3) is 0 Å². The zero-order valence-electron chi connectivity index (χ0n) is 1.92. The normalized spacial score (nSPS) is 8.75. The van der Waals surface area contributed by atoms with Crippen LogP contribution in [0.2, 0.25) is 0 Å². The minimum atomic E-state index is -0.0833. The predicted molar refractivity (Wildman–Crippen MR) is 11.2 cm³/mol. The van der Waals surface area contributed by atoms with Gasteiger partial charge < -0.3 is 10.4 Å². The summed E-state index contributed by atoms with van der Waals surface area (Å²) in [7, 11) is 0. The van der Waals surface area contributed by atoms with Crippen LogP contribution in [0.15, 0.2) is 0 Å². The Kier molecular flexibility index (Phi) is 1.88. The van der Waals surface area contributed by atoms with Crippen molar-refractivity contribution < 1.29 is 10.4 Å². The quantitative estimate of drug-likeness (QED) is 0.291. The van der Waals surface area contributed by atoms with Gasteiger partial charge in [-0.15, -0.1) is 0 Å². The Morgan fingerprint density at radius 1 is 1.50 bits per heavy atom. The molecule has 4 heteroatoms. The van der Waals surface area contributed by atoms with Crippen molar-refractivity contribution in [3.05, 3.63) is 0 Å². The number of nitrogens with zero attached hydrogens (tertiary/aromatic N) is 1. The molecule has 0 aromatic heterocycles. The summed E-state index contributed by atoms with van der Waals surface area (Å²) in [5, 5.41) is 14.8. The summed E-state index contributed by atoms with van der Waals surface area (Å²) in [4.78, 5) is 0. The molecule has 0 fully saturated rings. The summed E-state index contributed by atoms with van der Waals surface area (Å²) in [6, 6.07) is 0. The van der Waals surface area contributed by atoms with Gasteiger partial charge in [-0.2, -0.15) is 0 Å². The molecule has 0 aliphatic carbocycles. The summed E-state index contributed by atoms with van der Waals surface area (Å²) >= 11 is 1.60. The second-order valence-electron chi connectivity index (χ2n) is 0.320. The first-order chi connectivity index (χ1) is 1.73. The molecule has 0 aromatic rings. The smallest absolute Gasteiger partial charge is 0.316 e. The van der Waals surface area contributed by atoms with Gasteiger partial charge in [0.1, 0.15) is 0 Å². The van der Waals surface area contributed by atoms with Gasteiger partial charge in [-0.05, 0) is 0 Å². The summed E-state index contributed by atoms with van der Waals surface area (Å²) in [5.74, 6) is 0. The Labute approximate surface area is 32.0 Å². The highest BCUT2D eigenvalue weighted by molar-refractivity contribution is 6.02. The molecule has 0 rings (SSSR count). The fourth-order valence-electron chi connectivity index (χ4n) is 0. The van der Waals surface area contributed by atoms with Crippen LogP contribution < -0.4 is 0 Å². The first-order valence-electron chi connectivity index (χ1n) is 0.658. The van der Waals surface area contributed by atoms with E-state index in [2.05, 4.69) is 0 Å². The van der Waals surface area contributed by atoms with Crippen molar-refractivity contribution in [3.63, 3.8) is 0 Å². The maximum Gasteiger partial charge on any atom is 0.359 e. The van der Waals surface area contributed by atoms with Crippen molar-refractivity contribution in [3.8, 4) is 0 Å². The molecule has 0 heterocycles. The molecule has 3 nitrogen and oxygen atoms in total. The van der Waals surface area contributed by atoms with Crippen LogP contribution in [-0.2, 0) is 0 Å². The second kappa shape index (κ2) is 1.71. The number of hydrogen-bond acceptors (Lipinski definition) is 3. The topological polar surface area (TPSA) is 43.7 Å². The van der Waals surface area contributed by atoms with Gasteiger partial charge in [-0.25, -0.2) is 4.21 Å². The maximum absolute atomic E-state index is 7.41. The van der Waals surface area contributed by atoms with E-state index >= 15 is 0 Å². The van der Waals surface area contributed by atoms with Crippen molar-refractivity contribution in [1.82, 2.24) is 4.21 Å². The predicted octanol–water partition coefficient (Wildman–Crippen LogP) is -0.850. The summed E-state index contributed by atoms with van der Waals surface area (Å²) in [6.45, 7) is 0. The van der Waals surface area contributed by atoms with E-state index in [1.54, 1.807) is 16.5 Å². The van der Waals surface area contributed by atoms with Crippen LogP contribution in [0.1, 0.15) is 0 Å². The summed E-state index contributed by atoms with van der Waals surface area (Å²) in [5.41, 5.74) is 0. The van der Waals surface area contributed by atoms with Crippen LogP contribution in [-0.4, -0.2) is 31.1 Å². The van der Waals surface area contributed by atoms with E-state index in [0.29, 0.717) is 0 Å². The molecule has 0 spiro atoms. The lowest BCUT2D eigenvalue weighted by atomic mass is 13.2. The van der Waals surface area contributed by atoms with Gasteiger partial charge >= 0.3 is 16.5 Å². The fourth-order valence-corrected chi connectivity index (χ4v) is 0. The van der Waals surface area contributed by atoms with Gasteiger partial charge in [0, 0.05) is 0 Å². The van der Waals surface area contributed by atoms with E-state index in [-0.39, 0.29) is 4.21 Å². The van der Waals surface area contributed by atoms with Crippen LogP contribution in [0.4, 0.5) is 0 Å². The standard InChI is InChI=1S/Al.H2NO2/c;2-1-3/h;2-3H/q+1;-1. The van der Waals surface area contributed by atoms with Crippen molar-refractivity contribution in [2.45, 2.75) is 0 Å². The average molecular weight is 75.0 g/mol. The Balaban J connectivity index is 2.32. The Hall–Kier alpha value is 0.412. The monoisotopic (exact) mass is 75.0 g/mol. The summed E-state index contributed by atoms with van der Waals surface area (Å²) in [6.07, 6.45) is 0. The zero-order chi connectivity index (χ0) is 3.58. The van der Waals surface area contributed by atoms with Gasteiger partial charge in [0.15, 0.2) is 0 Å². The first-order valence-corrected chi connectivity index (χ1v) is 1.17. The maximum atomic E-state index is 7.41. The third kappa shape index (κ3) is 28.3. The minimum absolute atomic E-state index is 0.0833. The molecule has 2 radical (unpaired) electrons. The molecule has 0 saturated heterocycles. The molecule has 0 aliphatic heterocycles. The van der Waals surface area contributed by atoms with Crippen LogP contribution in [0.3, 0.4) is 0 Å². The molecule has 0 aromatic carbocycles. The molecule has 4 heavy (non-hydrogen) atoms. The third-order valence-electron chi connectivity index (χ3n) is 0. The number of hydrogen-bond donors (Lipinski definition) is 2. The highest BCUT2D eigenvalue weighted by atomic mass is 27.1. The highest BCUT2D eigenvalue weighted by Gasteiger charge is 1.62. The van der Waals surface area contributed by atoms with Crippen LogP contribution >= 0.6 is 0 Å². The number of rotatable bonds is 0. The lowest BCUT2D eigenvalue weighted by Gasteiger charge is -1.90. The molecule has 22 valence electrons. The van der Waals surface area contributed by atoms with E-state index in [9.17, 15) is 0 Å². The molecule has 0 atom stereocenters. The van der Waals surface area contributed by atoms with Gasteiger partial charge in [0.25, 0.3) is 0 Å². The van der Waals surface area contributed by atoms with Crippen LogP contribution in [0, 0.1) is 0 Å². The molecule has 2 N–H and O–H groups in total. The first kappa shape index (κ1) is 4.41. The molecule has 0 amide bonds. The molecular formula is H2AlNO2. The molecule has 0 unspecified atom stereocenters. The minimum Gasteiger partial charge on any atom is -0.316 e. The Bertz CT molecular complexity index is 10.8. The van der Waals surface area contributed by atoms with Gasteiger partial charge in [-0.3, -0.25) is 0 Å². The SMILES string of the molecule is O[N](O)[Al]. The lowest BCUT2D eigenvalue weighted by molar-refractivity contribution is -0.228. The van der Waals surface area contributed by atoms with E-state index < -0.39 is 0 Å². The second-order valence-corrected chi connectivity index (χ2v) is 0.782. The summed E-state index contributed by atoms with van der Waals surface area (Å²) < 4.78 is -0.0833. The average Bonchev–Trinajstić information content (AvgIpc) is 0.811. The van der Waals surface area contributed by atoms with E-state index in [4.69, 9.17) is 10.4 Å². The van der Waals surface area contributed by atoms with Crippen molar-refractivity contribution >= 4 is 16.5 Å². The Morgan fingerprint density at radius 3 is 1.50 bits per heavy atom. The van der Waals surface area contributed by atoms with Crippen molar-refractivity contribution in [2.24, 2.45) is 0 Å². The fraction of sp³-hybridized carbons (Fsp3) is 0. The van der Waals surface area contributed by atoms with Crippen LogP contribution in [0.5, 0.6) is 0 Å². The largest absolute Gasteiger partial charge is 0.359 e. The van der Waals surface area contributed by atoms with E-state index in [0.717, 1.165) is 0 Å². The van der Waals surface area contributed by atoms with Crippen molar-refractivity contribution in [1.29, 1.82) is 0 Å². The molecule has 0 aliphatic rings. The molecule has 0 bridgehead atoms. The van der Waals surface area contributed by atoms with Gasteiger partial charge in [0.05, 0.1) is 0 Å². The van der Waals surface area contributed by atoms with E-state index in [1.807, 2.05) is 0 Å². The highest BCUT2D eigenvalue weighted by Crippen LogP contribution is 1.41. The third-order valence-corrected chi connectivity index (χ3v) is 0. The molecular weight excluding hydrogens is 73.0 g/mol. The van der Waals surface area contributed by atoms with Gasteiger partial charge in [0.2, 0.25) is 0 Å². The van der Waals surface area contributed by atoms with Crippen molar-refractivity contribution in [2.75, 3.05) is 0 Å². The van der Waals surface area contributed by atoms with Gasteiger partial charge in [-0.1, -0.05) is 0 Å². The zero-order valence-corrected chi connectivity index (χ0v) is 3.07. The van der Waals surface area contributed by atoms with E-state index in [1.165, 1.54) is 0 Å². The lowest BCUT2D eigenvalue weighted by Crippen LogP contribution is -2.05.